The molecule has 2 rings (SSSR count). The molecule has 0 aliphatic carbocycles. The van der Waals surface area contributed by atoms with Crippen LogP contribution >= 0.6 is 0 Å². The second-order valence-electron chi connectivity index (χ2n) is 5.77. The Labute approximate surface area is 125 Å². The summed E-state index contributed by atoms with van der Waals surface area (Å²) in [6.45, 7) is 6.15. The van der Waals surface area contributed by atoms with Crippen LogP contribution in [0.1, 0.15) is 42.9 Å². The number of carbonyl (C=O) groups excluding carboxylic acids is 1. The molecule has 0 aliphatic heterocycles. The van der Waals surface area contributed by atoms with E-state index < -0.39 is 0 Å². The van der Waals surface area contributed by atoms with E-state index in [0.717, 1.165) is 47.6 Å². The van der Waals surface area contributed by atoms with Gasteiger partial charge >= 0.3 is 5.63 Å². The summed E-state index contributed by atoms with van der Waals surface area (Å²) < 4.78 is 5.29. The standard InChI is InChI=1S/C18H22O3/c1-4-5-6-14(11-19)9-15-10-18(20)21-17-8-13(3)12(2)7-16(15)17/h7-8,10-11,14H,4-6,9H2,1-3H3. The van der Waals surface area contributed by atoms with Gasteiger partial charge < -0.3 is 9.21 Å². The van der Waals surface area contributed by atoms with Crippen LogP contribution in [0.2, 0.25) is 0 Å². The van der Waals surface area contributed by atoms with Crippen LogP contribution in [0.3, 0.4) is 0 Å². The minimum atomic E-state index is -0.346. The first-order valence-corrected chi connectivity index (χ1v) is 7.54. The number of hydrogen-bond donors (Lipinski definition) is 0. The van der Waals surface area contributed by atoms with E-state index in [1.54, 1.807) is 0 Å². The highest BCUT2D eigenvalue weighted by molar-refractivity contribution is 5.82. The topological polar surface area (TPSA) is 47.3 Å². The highest BCUT2D eigenvalue weighted by atomic mass is 16.4. The third-order valence-electron chi connectivity index (χ3n) is 4.05. The van der Waals surface area contributed by atoms with Crippen molar-refractivity contribution in [1.29, 1.82) is 0 Å². The van der Waals surface area contributed by atoms with Crippen LogP contribution in [0.5, 0.6) is 0 Å². The van der Waals surface area contributed by atoms with Gasteiger partial charge in [0.25, 0.3) is 0 Å². The molecule has 0 spiro atoms. The Kier molecular flexibility index (Phi) is 4.94. The molecular formula is C18H22O3. The van der Waals surface area contributed by atoms with Crippen LogP contribution in [-0.4, -0.2) is 6.29 Å². The molecular weight excluding hydrogens is 264 g/mol. The number of hydrogen-bond acceptors (Lipinski definition) is 3. The summed E-state index contributed by atoms with van der Waals surface area (Å²) >= 11 is 0. The molecule has 0 N–H and O–H groups in total. The van der Waals surface area contributed by atoms with E-state index in [1.807, 2.05) is 26.0 Å². The van der Waals surface area contributed by atoms with Crippen molar-refractivity contribution in [3.05, 3.63) is 45.3 Å². The van der Waals surface area contributed by atoms with Gasteiger partial charge in [0.05, 0.1) is 0 Å². The van der Waals surface area contributed by atoms with Crippen molar-refractivity contribution < 1.29 is 9.21 Å². The van der Waals surface area contributed by atoms with Gasteiger partial charge in [-0.05, 0) is 55.5 Å². The predicted molar refractivity (Wildman–Crippen MR) is 84.7 cm³/mol. The molecule has 2 aromatic rings. The number of aldehydes is 1. The Balaban J connectivity index is 2.44. The second kappa shape index (κ2) is 6.70. The largest absolute Gasteiger partial charge is 0.423 e. The summed E-state index contributed by atoms with van der Waals surface area (Å²) in [5.74, 6) is -0.0310. The Morgan fingerprint density at radius 2 is 1.90 bits per heavy atom. The third kappa shape index (κ3) is 3.60. The molecule has 0 radical (unpaired) electrons. The second-order valence-corrected chi connectivity index (χ2v) is 5.77. The van der Waals surface area contributed by atoms with Crippen LogP contribution in [0, 0.1) is 19.8 Å². The van der Waals surface area contributed by atoms with Gasteiger partial charge in [0, 0.05) is 17.4 Å². The first kappa shape index (κ1) is 15.5. The summed E-state index contributed by atoms with van der Waals surface area (Å²) in [6.07, 6.45) is 4.58. The van der Waals surface area contributed by atoms with E-state index >= 15 is 0 Å². The highest BCUT2D eigenvalue weighted by Gasteiger charge is 2.13. The van der Waals surface area contributed by atoms with Crippen molar-refractivity contribution in [3.8, 4) is 0 Å². The zero-order valence-corrected chi connectivity index (χ0v) is 12.9. The monoisotopic (exact) mass is 286 g/mol. The zero-order valence-electron chi connectivity index (χ0n) is 12.9. The van der Waals surface area contributed by atoms with Crippen LogP contribution in [-0.2, 0) is 11.2 Å². The average Bonchev–Trinajstić information content (AvgIpc) is 2.45. The fraction of sp³-hybridized carbons (Fsp3) is 0.444. The normalized spacial score (nSPS) is 12.5. The van der Waals surface area contributed by atoms with Crippen molar-refractivity contribution in [2.75, 3.05) is 0 Å². The quantitative estimate of drug-likeness (QED) is 0.596. The highest BCUT2D eigenvalue weighted by Crippen LogP contribution is 2.24. The van der Waals surface area contributed by atoms with E-state index in [-0.39, 0.29) is 11.5 Å². The van der Waals surface area contributed by atoms with Crippen molar-refractivity contribution >= 4 is 17.3 Å². The summed E-state index contributed by atoms with van der Waals surface area (Å²) in [4.78, 5) is 23.0. The van der Waals surface area contributed by atoms with Crippen molar-refractivity contribution in [2.45, 2.75) is 46.5 Å². The molecule has 1 unspecified atom stereocenters. The molecule has 1 aromatic heterocycles. The Morgan fingerprint density at radius 1 is 1.19 bits per heavy atom. The molecule has 112 valence electrons. The van der Waals surface area contributed by atoms with Crippen LogP contribution in [0.4, 0.5) is 0 Å². The van der Waals surface area contributed by atoms with Gasteiger partial charge in [0.1, 0.15) is 11.9 Å². The average molecular weight is 286 g/mol. The molecule has 3 heteroatoms. The fourth-order valence-corrected chi connectivity index (χ4v) is 2.62. The third-order valence-corrected chi connectivity index (χ3v) is 4.05. The molecule has 1 heterocycles. The lowest BCUT2D eigenvalue weighted by Gasteiger charge is -2.12. The van der Waals surface area contributed by atoms with Gasteiger partial charge in [0.15, 0.2) is 0 Å². The maximum atomic E-state index is 11.7. The molecule has 0 aliphatic rings. The number of unbranched alkanes of at least 4 members (excludes halogenated alkanes) is 1. The van der Waals surface area contributed by atoms with Crippen LogP contribution in [0.15, 0.2) is 27.4 Å². The molecule has 21 heavy (non-hydrogen) atoms. The Morgan fingerprint density at radius 3 is 2.57 bits per heavy atom. The van der Waals surface area contributed by atoms with Crippen molar-refractivity contribution in [2.24, 2.45) is 5.92 Å². The van der Waals surface area contributed by atoms with E-state index in [9.17, 15) is 9.59 Å². The van der Waals surface area contributed by atoms with Gasteiger partial charge in [-0.25, -0.2) is 4.79 Å². The summed E-state index contributed by atoms with van der Waals surface area (Å²) in [5, 5.41) is 0.945. The molecule has 0 saturated carbocycles. The lowest BCUT2D eigenvalue weighted by atomic mass is 9.93. The number of benzene rings is 1. The lowest BCUT2D eigenvalue weighted by molar-refractivity contribution is -0.111. The zero-order chi connectivity index (χ0) is 15.4. The van der Waals surface area contributed by atoms with Gasteiger partial charge in [-0.1, -0.05) is 19.8 Å². The molecule has 0 amide bonds. The molecule has 0 saturated heterocycles. The molecule has 1 atom stereocenters. The number of carbonyl (C=O) groups is 1. The minimum absolute atomic E-state index is 0.0310. The Bertz CT molecular complexity index is 697. The number of fused-ring (bicyclic) bond motifs is 1. The molecule has 0 fully saturated rings. The van der Waals surface area contributed by atoms with Crippen LogP contribution < -0.4 is 5.63 Å². The lowest BCUT2D eigenvalue weighted by Crippen LogP contribution is -2.09. The van der Waals surface area contributed by atoms with Crippen LogP contribution in [0.25, 0.3) is 11.0 Å². The van der Waals surface area contributed by atoms with E-state index in [0.29, 0.717) is 12.0 Å². The number of aryl methyl sites for hydroxylation is 2. The van der Waals surface area contributed by atoms with E-state index in [2.05, 4.69) is 6.92 Å². The van der Waals surface area contributed by atoms with Gasteiger partial charge in [-0.2, -0.15) is 0 Å². The first-order chi connectivity index (χ1) is 10.0. The van der Waals surface area contributed by atoms with Gasteiger partial charge in [0.2, 0.25) is 0 Å². The molecule has 1 aromatic carbocycles. The summed E-state index contributed by atoms with van der Waals surface area (Å²) in [7, 11) is 0. The van der Waals surface area contributed by atoms with E-state index in [1.165, 1.54) is 6.07 Å². The summed E-state index contributed by atoms with van der Waals surface area (Å²) in [5.41, 5.74) is 3.44. The smallest absolute Gasteiger partial charge is 0.336 e. The maximum absolute atomic E-state index is 11.7. The van der Waals surface area contributed by atoms with E-state index in [4.69, 9.17) is 4.42 Å². The van der Waals surface area contributed by atoms with Crippen molar-refractivity contribution in [1.82, 2.24) is 0 Å². The first-order valence-electron chi connectivity index (χ1n) is 7.54. The summed E-state index contributed by atoms with van der Waals surface area (Å²) in [6, 6.07) is 5.47. The predicted octanol–water partition coefficient (Wildman–Crippen LogP) is 3.96. The van der Waals surface area contributed by atoms with Crippen molar-refractivity contribution in [3.63, 3.8) is 0 Å². The maximum Gasteiger partial charge on any atom is 0.336 e. The van der Waals surface area contributed by atoms with Gasteiger partial charge in [-0.15, -0.1) is 0 Å². The van der Waals surface area contributed by atoms with Gasteiger partial charge in [-0.3, -0.25) is 0 Å². The Hall–Kier alpha value is -1.90. The molecule has 3 nitrogen and oxygen atoms in total. The number of rotatable bonds is 6. The minimum Gasteiger partial charge on any atom is -0.423 e. The SMILES string of the molecule is CCCCC(C=O)Cc1cc(=O)oc2cc(C)c(C)cc12. The molecule has 0 bridgehead atoms. The fourth-order valence-electron chi connectivity index (χ4n) is 2.62.